The topological polar surface area (TPSA) is 108 Å². The van der Waals surface area contributed by atoms with Gasteiger partial charge in [-0.15, -0.1) is 0 Å². The van der Waals surface area contributed by atoms with E-state index < -0.39 is 67.2 Å². The molecule has 0 aliphatic heterocycles. The number of aliphatic hydroxyl groups excluding tert-OH is 1. The minimum absolute atomic E-state index is 0.0189. The van der Waals surface area contributed by atoms with Crippen LogP contribution in [0.1, 0.15) is 37.3 Å². The van der Waals surface area contributed by atoms with E-state index in [1.807, 2.05) is 0 Å². The zero-order valence-corrected chi connectivity index (χ0v) is 20.7. The third-order valence-corrected chi connectivity index (χ3v) is 6.40. The molecule has 200 valence electrons. The Bertz CT molecular complexity index is 1130. The van der Waals surface area contributed by atoms with Gasteiger partial charge in [0.05, 0.1) is 13.7 Å². The Morgan fingerprint density at radius 1 is 1.16 bits per heavy atom. The highest BCUT2D eigenvalue weighted by Crippen LogP contribution is 2.36. The lowest BCUT2D eigenvalue weighted by Gasteiger charge is -2.36. The number of aliphatic hydroxyl groups is 1. The molecule has 0 aromatic heterocycles. The molecule has 0 heterocycles. The smallest absolute Gasteiger partial charge is 0.407 e. The van der Waals surface area contributed by atoms with Gasteiger partial charge in [-0.05, 0) is 37.1 Å². The molecular weight excluding hydrogens is 515 g/mol. The fourth-order valence-electron chi connectivity index (χ4n) is 4.14. The van der Waals surface area contributed by atoms with Crippen molar-refractivity contribution in [2.45, 2.75) is 49.7 Å². The van der Waals surface area contributed by atoms with Gasteiger partial charge in [0.1, 0.15) is 17.9 Å². The Morgan fingerprint density at radius 3 is 2.43 bits per heavy atom. The van der Waals surface area contributed by atoms with Gasteiger partial charge in [0.2, 0.25) is 11.8 Å². The number of carbonyl (C=O) groups is 3. The molecule has 8 nitrogen and oxygen atoms in total. The number of alkyl halides is 2. The number of amides is 3. The molecule has 0 spiro atoms. The minimum atomic E-state index is -2.82. The van der Waals surface area contributed by atoms with Crippen LogP contribution in [0.25, 0.3) is 0 Å². The van der Waals surface area contributed by atoms with Crippen molar-refractivity contribution >= 4 is 35.2 Å². The predicted molar refractivity (Wildman–Crippen MR) is 130 cm³/mol. The lowest BCUT2D eigenvalue weighted by Crippen LogP contribution is -2.55. The first-order chi connectivity index (χ1) is 17.6. The molecule has 1 fully saturated rings. The predicted octanol–water partition coefficient (Wildman–Crippen LogP) is 3.96. The van der Waals surface area contributed by atoms with Gasteiger partial charge < -0.3 is 20.5 Å². The highest BCUT2D eigenvalue weighted by atomic mass is 35.5. The van der Waals surface area contributed by atoms with Gasteiger partial charge in [-0.2, -0.15) is 0 Å². The summed E-state index contributed by atoms with van der Waals surface area (Å²) in [5, 5.41) is 14.9. The SMILES string of the molecule is COC(=O)N[C@@H](CO)C(=O)N(c1cccc(F)c1)C(C(=O)NC1CCC(F)(F)CC1)c1ccccc1Cl. The first-order valence-corrected chi connectivity index (χ1v) is 11.9. The number of hydrogen-bond acceptors (Lipinski definition) is 5. The molecule has 37 heavy (non-hydrogen) atoms. The van der Waals surface area contributed by atoms with E-state index in [-0.39, 0.29) is 29.1 Å². The van der Waals surface area contributed by atoms with Gasteiger partial charge in [0, 0.05) is 35.2 Å². The molecular formula is C25H27ClF3N3O5. The number of methoxy groups -OCH3 is 1. The average Bonchev–Trinajstić information content (AvgIpc) is 2.87. The summed E-state index contributed by atoms with van der Waals surface area (Å²) in [7, 11) is 1.06. The number of alkyl carbamates (subject to hydrolysis) is 1. The Hall–Kier alpha value is -3.31. The standard InChI is InChI=1S/C25H27ClF3N3O5/c1-37-24(36)31-20(14-33)23(35)32(17-6-4-5-15(27)13-17)21(18-7-2-3-8-19(18)26)22(34)30-16-9-11-25(28,29)12-10-16/h2-8,13,16,20-21,33H,9-12,14H2,1H3,(H,30,34)(H,31,36)/t20-,21?/m0/s1. The second-order valence-electron chi connectivity index (χ2n) is 8.62. The van der Waals surface area contributed by atoms with Gasteiger partial charge in [-0.25, -0.2) is 18.0 Å². The highest BCUT2D eigenvalue weighted by Gasteiger charge is 2.40. The van der Waals surface area contributed by atoms with Gasteiger partial charge >= 0.3 is 6.09 Å². The van der Waals surface area contributed by atoms with Crippen LogP contribution in [0.2, 0.25) is 5.02 Å². The lowest BCUT2D eigenvalue weighted by atomic mass is 9.91. The number of anilines is 1. The molecule has 12 heteroatoms. The third kappa shape index (κ3) is 7.14. The fraction of sp³-hybridized carbons (Fsp3) is 0.400. The average molecular weight is 542 g/mol. The first-order valence-electron chi connectivity index (χ1n) is 11.5. The number of nitrogens with one attached hydrogen (secondary N) is 2. The zero-order valence-electron chi connectivity index (χ0n) is 19.9. The third-order valence-electron chi connectivity index (χ3n) is 6.05. The monoisotopic (exact) mass is 541 g/mol. The van der Waals surface area contributed by atoms with Crippen LogP contribution in [0.3, 0.4) is 0 Å². The van der Waals surface area contributed by atoms with Gasteiger partial charge in [-0.3, -0.25) is 14.5 Å². The van der Waals surface area contributed by atoms with E-state index in [0.717, 1.165) is 24.1 Å². The summed E-state index contributed by atoms with van der Waals surface area (Å²) in [6.07, 6.45) is -1.79. The summed E-state index contributed by atoms with van der Waals surface area (Å²) >= 11 is 6.40. The molecule has 2 aromatic carbocycles. The number of benzene rings is 2. The van der Waals surface area contributed by atoms with E-state index in [1.54, 1.807) is 12.1 Å². The molecule has 2 aromatic rings. The normalized spacial score (nSPS) is 16.8. The Kier molecular flexibility index (Phi) is 9.39. The summed E-state index contributed by atoms with van der Waals surface area (Å²) in [5.74, 6) is -5.25. The fourth-order valence-corrected chi connectivity index (χ4v) is 4.38. The van der Waals surface area contributed by atoms with Crippen molar-refractivity contribution in [3.63, 3.8) is 0 Å². The Balaban J connectivity index is 2.08. The molecule has 1 aliphatic rings. The molecule has 1 saturated carbocycles. The van der Waals surface area contributed by atoms with Crippen LogP contribution in [-0.2, 0) is 14.3 Å². The maximum atomic E-state index is 14.3. The molecule has 3 amide bonds. The first kappa shape index (κ1) is 28.3. The summed E-state index contributed by atoms with van der Waals surface area (Å²) in [4.78, 5) is 40.1. The number of rotatable bonds is 8. The van der Waals surface area contributed by atoms with Crippen molar-refractivity contribution in [1.82, 2.24) is 10.6 Å². The zero-order chi connectivity index (χ0) is 27.2. The van der Waals surface area contributed by atoms with Crippen LogP contribution in [-0.4, -0.2) is 54.7 Å². The largest absolute Gasteiger partial charge is 0.453 e. The second-order valence-corrected chi connectivity index (χ2v) is 9.03. The van der Waals surface area contributed by atoms with E-state index in [1.165, 1.54) is 24.3 Å². The van der Waals surface area contributed by atoms with E-state index in [9.17, 15) is 32.7 Å². The van der Waals surface area contributed by atoms with Crippen LogP contribution >= 0.6 is 11.6 Å². The maximum absolute atomic E-state index is 14.3. The van der Waals surface area contributed by atoms with Gasteiger partial charge in [0.25, 0.3) is 5.91 Å². The molecule has 3 rings (SSSR count). The van der Waals surface area contributed by atoms with Crippen molar-refractivity contribution in [3.05, 3.63) is 64.9 Å². The van der Waals surface area contributed by atoms with Gasteiger partial charge in [0.15, 0.2) is 0 Å². The molecule has 3 N–H and O–H groups in total. The number of halogens is 4. The summed E-state index contributed by atoms with van der Waals surface area (Å²) in [6.45, 7) is -0.867. The summed E-state index contributed by atoms with van der Waals surface area (Å²) in [5.41, 5.74) is 0.0977. The molecule has 2 atom stereocenters. The minimum Gasteiger partial charge on any atom is -0.453 e. The van der Waals surface area contributed by atoms with Crippen molar-refractivity contribution in [3.8, 4) is 0 Å². The van der Waals surface area contributed by atoms with Crippen LogP contribution in [0.15, 0.2) is 48.5 Å². The molecule has 1 aliphatic carbocycles. The van der Waals surface area contributed by atoms with Crippen LogP contribution in [0.4, 0.5) is 23.7 Å². The van der Waals surface area contributed by atoms with Crippen LogP contribution in [0.5, 0.6) is 0 Å². The highest BCUT2D eigenvalue weighted by molar-refractivity contribution is 6.31. The number of hydrogen-bond donors (Lipinski definition) is 3. The molecule has 0 bridgehead atoms. The maximum Gasteiger partial charge on any atom is 0.407 e. The van der Waals surface area contributed by atoms with Crippen molar-refractivity contribution < 1.29 is 37.4 Å². The number of carbonyl (C=O) groups excluding carboxylic acids is 3. The van der Waals surface area contributed by atoms with E-state index in [0.29, 0.717) is 0 Å². The number of ether oxygens (including phenoxy) is 1. The number of nitrogens with zero attached hydrogens (tertiary/aromatic N) is 1. The quantitative estimate of drug-likeness (QED) is 0.469. The van der Waals surface area contributed by atoms with Crippen molar-refractivity contribution in [2.75, 3.05) is 18.6 Å². The molecule has 1 unspecified atom stereocenters. The van der Waals surface area contributed by atoms with Crippen LogP contribution in [0, 0.1) is 5.82 Å². The summed E-state index contributed by atoms with van der Waals surface area (Å²) < 4.78 is 46.1. The Morgan fingerprint density at radius 2 is 1.84 bits per heavy atom. The molecule has 0 saturated heterocycles. The van der Waals surface area contributed by atoms with Crippen LogP contribution < -0.4 is 15.5 Å². The Labute approximate surface area is 216 Å². The van der Waals surface area contributed by atoms with Gasteiger partial charge in [-0.1, -0.05) is 35.9 Å². The van der Waals surface area contributed by atoms with Crippen molar-refractivity contribution in [2.24, 2.45) is 0 Å². The summed E-state index contributed by atoms with van der Waals surface area (Å²) in [6, 6.07) is 7.32. The second kappa shape index (κ2) is 12.3. The van der Waals surface area contributed by atoms with Crippen molar-refractivity contribution in [1.29, 1.82) is 0 Å². The molecule has 0 radical (unpaired) electrons. The lowest BCUT2D eigenvalue weighted by molar-refractivity contribution is -0.129. The van der Waals surface area contributed by atoms with E-state index in [4.69, 9.17) is 11.6 Å². The van der Waals surface area contributed by atoms with E-state index in [2.05, 4.69) is 15.4 Å². The van der Waals surface area contributed by atoms with E-state index >= 15 is 0 Å².